The second kappa shape index (κ2) is 12.4. The van der Waals surface area contributed by atoms with Gasteiger partial charge in [-0.15, -0.1) is 0 Å². The van der Waals surface area contributed by atoms with Gasteiger partial charge in [-0.25, -0.2) is 0 Å². The number of hydrogen-bond acceptors (Lipinski definition) is 3. The molecule has 5 N–H and O–H groups in total. The third kappa shape index (κ3) is 13.0. The van der Waals surface area contributed by atoms with Crippen molar-refractivity contribution in [3.63, 3.8) is 0 Å². The number of carbonyl (C=O) groups is 2. The molecule has 0 bridgehead atoms. The first-order chi connectivity index (χ1) is 8.38. The smallest absolute Gasteiger partial charge is 0.240 e. The molecule has 0 fully saturated rings. The summed E-state index contributed by atoms with van der Waals surface area (Å²) in [7, 11) is 0. The van der Waals surface area contributed by atoms with Gasteiger partial charge in [0.05, 0.1) is 0 Å². The maximum atomic E-state index is 11.0. The summed E-state index contributed by atoms with van der Waals surface area (Å²) in [5, 5.41) is 2.58. The van der Waals surface area contributed by atoms with Crippen molar-refractivity contribution < 1.29 is 9.59 Å². The molecule has 108 valence electrons. The summed E-state index contributed by atoms with van der Waals surface area (Å²) in [4.78, 5) is 21.9. The molecule has 0 saturated carbocycles. The van der Waals surface area contributed by atoms with Crippen molar-refractivity contribution in [3.8, 4) is 0 Å². The number of amides is 2. The van der Waals surface area contributed by atoms with E-state index in [1.54, 1.807) is 6.92 Å². The molecular weight excluding hydrogens is 230 g/mol. The molecule has 0 aromatic carbocycles. The van der Waals surface area contributed by atoms with Crippen molar-refractivity contribution in [2.75, 3.05) is 6.54 Å². The second-order valence-electron chi connectivity index (χ2n) is 4.65. The molecule has 0 aromatic rings. The molecule has 0 rings (SSSR count). The molecule has 0 heterocycles. The molecule has 18 heavy (non-hydrogen) atoms. The van der Waals surface area contributed by atoms with Crippen molar-refractivity contribution in [1.82, 2.24) is 5.32 Å². The van der Waals surface area contributed by atoms with E-state index in [4.69, 9.17) is 11.5 Å². The van der Waals surface area contributed by atoms with E-state index in [0.29, 0.717) is 18.8 Å². The average Bonchev–Trinajstić information content (AvgIpc) is 2.29. The van der Waals surface area contributed by atoms with Crippen LogP contribution in [-0.2, 0) is 9.59 Å². The van der Waals surface area contributed by atoms with E-state index in [0.717, 1.165) is 6.54 Å². The minimum absolute atomic E-state index is 0.135. The van der Waals surface area contributed by atoms with Crippen LogP contribution in [0.15, 0.2) is 0 Å². The zero-order valence-electron chi connectivity index (χ0n) is 12.2. The van der Waals surface area contributed by atoms with Crippen LogP contribution >= 0.6 is 0 Å². The Morgan fingerprint density at radius 2 is 1.78 bits per heavy atom. The number of rotatable bonds is 7. The largest absolute Gasteiger partial charge is 0.368 e. The molecule has 0 radical (unpaired) electrons. The lowest BCUT2D eigenvalue weighted by molar-refractivity contribution is -0.127. The van der Waals surface area contributed by atoms with Gasteiger partial charge in [-0.2, -0.15) is 0 Å². The molecule has 0 aliphatic heterocycles. The minimum Gasteiger partial charge on any atom is -0.368 e. The SMILES string of the molecule is CCC(=O)N[C@@H](CC(C)C)C(N)=O.CCCCN. The van der Waals surface area contributed by atoms with Gasteiger partial charge in [0.15, 0.2) is 0 Å². The molecular formula is C13H29N3O2. The zero-order chi connectivity index (χ0) is 14.6. The highest BCUT2D eigenvalue weighted by Gasteiger charge is 2.17. The topological polar surface area (TPSA) is 98.2 Å². The van der Waals surface area contributed by atoms with Crippen molar-refractivity contribution in [1.29, 1.82) is 0 Å². The Hall–Kier alpha value is -1.10. The summed E-state index contributed by atoms with van der Waals surface area (Å²) in [6, 6.07) is -0.521. The Kier molecular flexibility index (Phi) is 13.2. The average molecular weight is 259 g/mol. The highest BCUT2D eigenvalue weighted by atomic mass is 16.2. The van der Waals surface area contributed by atoms with Gasteiger partial charge in [0.25, 0.3) is 0 Å². The summed E-state index contributed by atoms with van der Waals surface area (Å²) in [5.41, 5.74) is 10.3. The van der Waals surface area contributed by atoms with Crippen LogP contribution in [0.2, 0.25) is 0 Å². The fourth-order valence-corrected chi connectivity index (χ4v) is 1.22. The van der Waals surface area contributed by atoms with E-state index in [9.17, 15) is 9.59 Å². The predicted octanol–water partition coefficient (Wildman–Crippen LogP) is 1.16. The van der Waals surface area contributed by atoms with Gasteiger partial charge in [0.1, 0.15) is 6.04 Å². The van der Waals surface area contributed by atoms with Gasteiger partial charge in [-0.05, 0) is 25.3 Å². The van der Waals surface area contributed by atoms with Gasteiger partial charge in [-0.1, -0.05) is 34.1 Å². The highest BCUT2D eigenvalue weighted by molar-refractivity contribution is 5.86. The summed E-state index contributed by atoms with van der Waals surface area (Å²) < 4.78 is 0. The van der Waals surface area contributed by atoms with Crippen LogP contribution in [0, 0.1) is 5.92 Å². The summed E-state index contributed by atoms with van der Waals surface area (Å²) in [6.07, 6.45) is 3.36. The lowest BCUT2D eigenvalue weighted by Gasteiger charge is -2.16. The van der Waals surface area contributed by atoms with Crippen LogP contribution in [0.3, 0.4) is 0 Å². The molecule has 5 nitrogen and oxygen atoms in total. The van der Waals surface area contributed by atoms with Crippen molar-refractivity contribution in [2.45, 2.75) is 59.4 Å². The van der Waals surface area contributed by atoms with E-state index in [2.05, 4.69) is 12.2 Å². The fraction of sp³-hybridized carbons (Fsp3) is 0.846. The number of nitrogens with two attached hydrogens (primary N) is 2. The van der Waals surface area contributed by atoms with E-state index in [-0.39, 0.29) is 5.91 Å². The van der Waals surface area contributed by atoms with Crippen LogP contribution in [-0.4, -0.2) is 24.4 Å². The van der Waals surface area contributed by atoms with E-state index >= 15 is 0 Å². The second-order valence-corrected chi connectivity index (χ2v) is 4.65. The van der Waals surface area contributed by atoms with Crippen LogP contribution in [0.5, 0.6) is 0 Å². The van der Waals surface area contributed by atoms with Crippen LogP contribution in [0.4, 0.5) is 0 Å². The molecule has 0 aliphatic carbocycles. The Bertz CT molecular complexity index is 228. The maximum Gasteiger partial charge on any atom is 0.240 e. The molecule has 5 heteroatoms. The monoisotopic (exact) mass is 259 g/mol. The van der Waals surface area contributed by atoms with Gasteiger partial charge in [0.2, 0.25) is 11.8 Å². The fourth-order valence-electron chi connectivity index (χ4n) is 1.22. The molecule has 1 atom stereocenters. The zero-order valence-corrected chi connectivity index (χ0v) is 12.2. The Labute approximate surface area is 111 Å². The van der Waals surface area contributed by atoms with Crippen LogP contribution in [0.25, 0.3) is 0 Å². The summed E-state index contributed by atoms with van der Waals surface area (Å²) in [6.45, 7) is 8.67. The number of hydrogen-bond donors (Lipinski definition) is 3. The van der Waals surface area contributed by atoms with E-state index in [1.165, 1.54) is 12.8 Å². The van der Waals surface area contributed by atoms with Crippen LogP contribution in [0.1, 0.15) is 53.4 Å². The van der Waals surface area contributed by atoms with Crippen LogP contribution < -0.4 is 16.8 Å². The van der Waals surface area contributed by atoms with Crippen molar-refractivity contribution in [3.05, 3.63) is 0 Å². The summed E-state index contributed by atoms with van der Waals surface area (Å²) >= 11 is 0. The normalized spacial score (nSPS) is 11.4. The Morgan fingerprint density at radius 1 is 1.22 bits per heavy atom. The quantitative estimate of drug-likeness (QED) is 0.639. The molecule has 0 aromatic heterocycles. The van der Waals surface area contributed by atoms with E-state index in [1.807, 2.05) is 13.8 Å². The Balaban J connectivity index is 0. The highest BCUT2D eigenvalue weighted by Crippen LogP contribution is 2.04. The van der Waals surface area contributed by atoms with Gasteiger partial charge >= 0.3 is 0 Å². The lowest BCUT2D eigenvalue weighted by atomic mass is 10.0. The minimum atomic E-state index is -0.521. The van der Waals surface area contributed by atoms with Crippen molar-refractivity contribution >= 4 is 11.8 Å². The number of nitrogens with one attached hydrogen (secondary N) is 1. The summed E-state index contributed by atoms with van der Waals surface area (Å²) in [5.74, 6) is -0.255. The molecule has 0 unspecified atom stereocenters. The predicted molar refractivity (Wildman–Crippen MR) is 74.8 cm³/mol. The standard InChI is InChI=1S/C9H18N2O2.C4H11N/c1-4-8(12)11-7(9(10)13)5-6(2)3;1-2-3-4-5/h6-7H,4-5H2,1-3H3,(H2,10,13)(H,11,12);2-5H2,1H3/t7-;/m0./s1. The van der Waals surface area contributed by atoms with E-state index < -0.39 is 11.9 Å². The first-order valence-corrected chi connectivity index (χ1v) is 6.67. The number of carbonyl (C=O) groups excluding carboxylic acids is 2. The first kappa shape index (κ1) is 19.2. The molecule has 0 aliphatic rings. The lowest BCUT2D eigenvalue weighted by Crippen LogP contribution is -2.44. The molecule has 0 spiro atoms. The van der Waals surface area contributed by atoms with Gasteiger partial charge < -0.3 is 16.8 Å². The third-order valence-electron chi connectivity index (χ3n) is 2.26. The Morgan fingerprint density at radius 3 is 2.00 bits per heavy atom. The maximum absolute atomic E-state index is 11.0. The van der Waals surface area contributed by atoms with Gasteiger partial charge in [-0.3, -0.25) is 9.59 Å². The third-order valence-corrected chi connectivity index (χ3v) is 2.26. The first-order valence-electron chi connectivity index (χ1n) is 6.67. The number of primary amides is 1. The molecule has 2 amide bonds. The molecule has 0 saturated heterocycles. The number of unbranched alkanes of at least 4 members (excludes halogenated alkanes) is 1. The van der Waals surface area contributed by atoms with Crippen molar-refractivity contribution in [2.24, 2.45) is 17.4 Å². The van der Waals surface area contributed by atoms with Gasteiger partial charge in [0, 0.05) is 6.42 Å².